The van der Waals surface area contributed by atoms with Gasteiger partial charge in [0, 0.05) is 18.9 Å². The summed E-state index contributed by atoms with van der Waals surface area (Å²) >= 11 is 0. The van der Waals surface area contributed by atoms with E-state index in [0.29, 0.717) is 6.54 Å². The summed E-state index contributed by atoms with van der Waals surface area (Å²) in [4.78, 5) is 16.1. The summed E-state index contributed by atoms with van der Waals surface area (Å²) in [5.74, 6) is -0.0254. The van der Waals surface area contributed by atoms with Crippen LogP contribution >= 0.6 is 0 Å². The highest BCUT2D eigenvalue weighted by molar-refractivity contribution is 5.89. The topological polar surface area (TPSA) is 72.9 Å². The zero-order chi connectivity index (χ0) is 13.4. The average molecular weight is 250 g/mol. The Bertz CT molecular complexity index is 415. The number of carbonyl (C=O) groups is 1. The Kier molecular flexibility index (Phi) is 3.19. The Labute approximate surface area is 108 Å². The predicted octanol–water partition coefficient (Wildman–Crippen LogP) is 0.905. The van der Waals surface area contributed by atoms with Gasteiger partial charge in [0.25, 0.3) is 0 Å². The van der Waals surface area contributed by atoms with Crippen molar-refractivity contribution in [2.75, 3.05) is 0 Å². The van der Waals surface area contributed by atoms with E-state index < -0.39 is 5.54 Å². The van der Waals surface area contributed by atoms with Gasteiger partial charge < -0.3 is 15.6 Å². The number of nitrogens with two attached hydrogens (primary N) is 1. The number of amides is 1. The van der Waals surface area contributed by atoms with E-state index in [-0.39, 0.29) is 17.4 Å². The van der Waals surface area contributed by atoms with Gasteiger partial charge in [0.1, 0.15) is 0 Å². The SMILES string of the molecule is CC(C)(C)[C@H](Cn1ccnc1)NC(=O)C1(N)CC1. The molecule has 1 aliphatic rings. The largest absolute Gasteiger partial charge is 0.349 e. The highest BCUT2D eigenvalue weighted by Gasteiger charge is 2.47. The standard InChI is InChI=1S/C13H22N4O/c1-12(2,3)10(8-17-7-6-15-9-17)16-11(18)13(14)4-5-13/h6-7,9-10H,4-5,8,14H2,1-3H3,(H,16,18)/t10-/m0/s1. The Morgan fingerprint density at radius 1 is 1.56 bits per heavy atom. The predicted molar refractivity (Wildman–Crippen MR) is 69.8 cm³/mol. The summed E-state index contributed by atoms with van der Waals surface area (Å²) in [7, 11) is 0. The van der Waals surface area contributed by atoms with Crippen LogP contribution in [-0.2, 0) is 11.3 Å². The third-order valence-corrected chi connectivity index (χ3v) is 3.54. The number of carbonyl (C=O) groups excluding carboxylic acids is 1. The monoisotopic (exact) mass is 250 g/mol. The first-order valence-electron chi connectivity index (χ1n) is 6.37. The quantitative estimate of drug-likeness (QED) is 0.834. The van der Waals surface area contributed by atoms with Crippen molar-refractivity contribution in [3.05, 3.63) is 18.7 Å². The number of nitrogens with zero attached hydrogens (tertiary/aromatic N) is 2. The lowest BCUT2D eigenvalue weighted by molar-refractivity contribution is -0.124. The summed E-state index contributed by atoms with van der Waals surface area (Å²) < 4.78 is 1.98. The highest BCUT2D eigenvalue weighted by atomic mass is 16.2. The molecule has 1 aromatic rings. The van der Waals surface area contributed by atoms with Gasteiger partial charge in [-0.2, -0.15) is 0 Å². The molecule has 0 aliphatic heterocycles. The van der Waals surface area contributed by atoms with Gasteiger partial charge in [-0.15, -0.1) is 0 Å². The van der Waals surface area contributed by atoms with Crippen LogP contribution in [0.3, 0.4) is 0 Å². The van der Waals surface area contributed by atoms with Crippen LogP contribution in [0.25, 0.3) is 0 Å². The molecule has 100 valence electrons. The summed E-state index contributed by atoms with van der Waals surface area (Å²) in [5, 5.41) is 3.09. The van der Waals surface area contributed by atoms with Crippen LogP contribution in [0.15, 0.2) is 18.7 Å². The fraction of sp³-hybridized carbons (Fsp3) is 0.692. The molecule has 1 atom stereocenters. The van der Waals surface area contributed by atoms with Crippen molar-refractivity contribution in [1.82, 2.24) is 14.9 Å². The smallest absolute Gasteiger partial charge is 0.240 e. The molecule has 1 heterocycles. The molecule has 1 aliphatic carbocycles. The molecular formula is C13H22N4O. The van der Waals surface area contributed by atoms with Crippen molar-refractivity contribution in [3.8, 4) is 0 Å². The van der Waals surface area contributed by atoms with Crippen LogP contribution in [-0.4, -0.2) is 27.0 Å². The van der Waals surface area contributed by atoms with Crippen LogP contribution in [0.5, 0.6) is 0 Å². The van der Waals surface area contributed by atoms with Crippen LogP contribution in [0.2, 0.25) is 0 Å². The summed E-state index contributed by atoms with van der Waals surface area (Å²) in [6.45, 7) is 7.06. The number of hydrogen-bond donors (Lipinski definition) is 2. The minimum Gasteiger partial charge on any atom is -0.349 e. The normalized spacial score (nSPS) is 19.3. The summed E-state index contributed by atoms with van der Waals surface area (Å²) in [6, 6.07) is 0.0419. The summed E-state index contributed by atoms with van der Waals surface area (Å²) in [5.41, 5.74) is 5.29. The van der Waals surface area contributed by atoms with Crippen LogP contribution < -0.4 is 11.1 Å². The van der Waals surface area contributed by atoms with E-state index in [1.807, 2.05) is 10.8 Å². The van der Waals surface area contributed by atoms with Crippen LogP contribution in [0, 0.1) is 5.41 Å². The molecule has 3 N–H and O–H groups in total. The van der Waals surface area contributed by atoms with E-state index in [4.69, 9.17) is 5.73 Å². The van der Waals surface area contributed by atoms with Gasteiger partial charge in [-0.05, 0) is 18.3 Å². The Hall–Kier alpha value is -1.36. The molecule has 1 saturated carbocycles. The second-order valence-electron chi connectivity index (χ2n) is 6.31. The second-order valence-corrected chi connectivity index (χ2v) is 6.31. The fourth-order valence-electron chi connectivity index (χ4n) is 1.81. The van der Waals surface area contributed by atoms with E-state index in [1.54, 1.807) is 12.5 Å². The van der Waals surface area contributed by atoms with Gasteiger partial charge >= 0.3 is 0 Å². The van der Waals surface area contributed by atoms with E-state index in [9.17, 15) is 4.79 Å². The van der Waals surface area contributed by atoms with Crippen LogP contribution in [0.4, 0.5) is 0 Å². The van der Waals surface area contributed by atoms with Gasteiger partial charge in [-0.3, -0.25) is 4.79 Å². The lowest BCUT2D eigenvalue weighted by Crippen LogP contribution is -2.52. The molecule has 0 unspecified atom stereocenters. The minimum atomic E-state index is -0.613. The fourth-order valence-corrected chi connectivity index (χ4v) is 1.81. The number of rotatable bonds is 4. The Balaban J connectivity index is 2.04. The Morgan fingerprint density at radius 3 is 2.67 bits per heavy atom. The van der Waals surface area contributed by atoms with Crippen molar-refractivity contribution < 1.29 is 4.79 Å². The molecule has 1 aromatic heterocycles. The first-order valence-corrected chi connectivity index (χ1v) is 6.37. The number of hydrogen-bond acceptors (Lipinski definition) is 3. The Morgan fingerprint density at radius 2 is 2.22 bits per heavy atom. The minimum absolute atomic E-state index is 0.0226. The molecule has 1 fully saturated rings. The molecule has 5 nitrogen and oxygen atoms in total. The van der Waals surface area contributed by atoms with Gasteiger partial charge in [-0.25, -0.2) is 4.98 Å². The molecule has 0 radical (unpaired) electrons. The zero-order valence-electron chi connectivity index (χ0n) is 11.3. The maximum atomic E-state index is 12.1. The number of imidazole rings is 1. The van der Waals surface area contributed by atoms with Gasteiger partial charge in [0.2, 0.25) is 5.91 Å². The number of nitrogens with one attached hydrogen (secondary N) is 1. The average Bonchev–Trinajstić information content (AvgIpc) is 2.82. The van der Waals surface area contributed by atoms with Gasteiger partial charge in [-0.1, -0.05) is 20.8 Å². The molecule has 18 heavy (non-hydrogen) atoms. The van der Waals surface area contributed by atoms with Crippen molar-refractivity contribution >= 4 is 5.91 Å². The maximum Gasteiger partial charge on any atom is 0.240 e. The van der Waals surface area contributed by atoms with Crippen LogP contribution in [0.1, 0.15) is 33.6 Å². The van der Waals surface area contributed by atoms with Gasteiger partial charge in [0.15, 0.2) is 0 Å². The molecule has 0 spiro atoms. The molecule has 1 amide bonds. The molecule has 0 aromatic carbocycles. The molecular weight excluding hydrogens is 228 g/mol. The zero-order valence-corrected chi connectivity index (χ0v) is 11.3. The first kappa shape index (κ1) is 13.1. The lowest BCUT2D eigenvalue weighted by atomic mass is 9.86. The maximum absolute atomic E-state index is 12.1. The van der Waals surface area contributed by atoms with E-state index in [2.05, 4.69) is 31.1 Å². The van der Waals surface area contributed by atoms with E-state index in [1.165, 1.54) is 0 Å². The second kappa shape index (κ2) is 4.39. The third kappa shape index (κ3) is 2.90. The first-order chi connectivity index (χ1) is 8.31. The molecule has 2 rings (SSSR count). The molecule has 0 saturated heterocycles. The van der Waals surface area contributed by atoms with Crippen molar-refractivity contribution in [2.24, 2.45) is 11.1 Å². The van der Waals surface area contributed by atoms with E-state index >= 15 is 0 Å². The molecule has 0 bridgehead atoms. The highest BCUT2D eigenvalue weighted by Crippen LogP contribution is 2.33. The van der Waals surface area contributed by atoms with Gasteiger partial charge in [0.05, 0.1) is 17.9 Å². The number of aromatic nitrogens is 2. The van der Waals surface area contributed by atoms with Crippen molar-refractivity contribution in [3.63, 3.8) is 0 Å². The summed E-state index contributed by atoms with van der Waals surface area (Å²) in [6.07, 6.45) is 6.99. The van der Waals surface area contributed by atoms with E-state index in [0.717, 1.165) is 12.8 Å². The third-order valence-electron chi connectivity index (χ3n) is 3.54. The van der Waals surface area contributed by atoms with Crippen molar-refractivity contribution in [2.45, 2.75) is 51.7 Å². The van der Waals surface area contributed by atoms with Crippen molar-refractivity contribution in [1.29, 1.82) is 0 Å². The molecule has 5 heteroatoms. The lowest BCUT2D eigenvalue weighted by Gasteiger charge is -2.32.